The SMILES string of the molecule is CC(C)C(C)Nc1cc(C(N)=O)ccc1C(N)=O. The van der Waals surface area contributed by atoms with E-state index in [0.29, 0.717) is 22.7 Å². The minimum atomic E-state index is -0.538. The average molecular weight is 249 g/mol. The van der Waals surface area contributed by atoms with E-state index in [-0.39, 0.29) is 6.04 Å². The van der Waals surface area contributed by atoms with E-state index in [0.717, 1.165) is 0 Å². The number of nitrogens with two attached hydrogens (primary N) is 2. The Labute approximate surface area is 107 Å². The lowest BCUT2D eigenvalue weighted by molar-refractivity contribution is 0.0989. The van der Waals surface area contributed by atoms with Gasteiger partial charge in [0.15, 0.2) is 0 Å². The fraction of sp³-hybridized carbons (Fsp3) is 0.385. The van der Waals surface area contributed by atoms with Crippen LogP contribution < -0.4 is 16.8 Å². The lowest BCUT2D eigenvalue weighted by Crippen LogP contribution is -2.24. The van der Waals surface area contributed by atoms with E-state index >= 15 is 0 Å². The lowest BCUT2D eigenvalue weighted by Gasteiger charge is -2.20. The molecule has 0 aliphatic carbocycles. The third kappa shape index (κ3) is 3.23. The minimum Gasteiger partial charge on any atom is -0.382 e. The van der Waals surface area contributed by atoms with E-state index in [1.165, 1.54) is 12.1 Å². The second kappa shape index (κ2) is 5.53. The zero-order valence-electron chi connectivity index (χ0n) is 10.9. The van der Waals surface area contributed by atoms with Crippen LogP contribution in [-0.4, -0.2) is 17.9 Å². The van der Waals surface area contributed by atoms with E-state index in [1.807, 2.05) is 6.92 Å². The molecular formula is C13H19N3O2. The number of hydrogen-bond acceptors (Lipinski definition) is 3. The molecule has 0 aliphatic rings. The molecule has 1 aromatic carbocycles. The monoisotopic (exact) mass is 249 g/mol. The first kappa shape index (κ1) is 14.0. The van der Waals surface area contributed by atoms with Gasteiger partial charge in [-0.3, -0.25) is 9.59 Å². The number of carbonyl (C=O) groups is 2. The molecule has 0 saturated heterocycles. The maximum atomic E-state index is 11.3. The maximum Gasteiger partial charge on any atom is 0.250 e. The van der Waals surface area contributed by atoms with Gasteiger partial charge in [0.2, 0.25) is 5.91 Å². The summed E-state index contributed by atoms with van der Waals surface area (Å²) in [6.07, 6.45) is 0. The summed E-state index contributed by atoms with van der Waals surface area (Å²) in [7, 11) is 0. The first-order valence-corrected chi connectivity index (χ1v) is 5.83. The summed E-state index contributed by atoms with van der Waals surface area (Å²) in [5.41, 5.74) is 11.8. The molecular weight excluding hydrogens is 230 g/mol. The van der Waals surface area contributed by atoms with Gasteiger partial charge in [-0.15, -0.1) is 0 Å². The van der Waals surface area contributed by atoms with Crippen LogP contribution in [0.3, 0.4) is 0 Å². The van der Waals surface area contributed by atoms with E-state index < -0.39 is 11.8 Å². The Morgan fingerprint density at radius 2 is 1.72 bits per heavy atom. The van der Waals surface area contributed by atoms with Gasteiger partial charge in [-0.05, 0) is 31.0 Å². The van der Waals surface area contributed by atoms with Gasteiger partial charge in [0.1, 0.15) is 0 Å². The molecule has 0 spiro atoms. The minimum absolute atomic E-state index is 0.145. The molecule has 0 fully saturated rings. The maximum absolute atomic E-state index is 11.3. The van der Waals surface area contributed by atoms with Crippen LogP contribution in [0.4, 0.5) is 5.69 Å². The molecule has 0 aliphatic heterocycles. The smallest absolute Gasteiger partial charge is 0.250 e. The second-order valence-electron chi connectivity index (χ2n) is 4.67. The normalized spacial score (nSPS) is 12.2. The Bertz CT molecular complexity index is 469. The fourth-order valence-corrected chi connectivity index (χ4v) is 1.44. The predicted molar refractivity (Wildman–Crippen MR) is 71.4 cm³/mol. The molecule has 5 N–H and O–H groups in total. The van der Waals surface area contributed by atoms with Crippen molar-refractivity contribution in [1.29, 1.82) is 0 Å². The first-order chi connectivity index (χ1) is 8.32. The number of carbonyl (C=O) groups excluding carboxylic acids is 2. The van der Waals surface area contributed by atoms with Crippen molar-refractivity contribution >= 4 is 17.5 Å². The molecule has 2 amide bonds. The summed E-state index contributed by atoms with van der Waals surface area (Å²) < 4.78 is 0. The number of anilines is 1. The van der Waals surface area contributed by atoms with Crippen LogP contribution in [-0.2, 0) is 0 Å². The van der Waals surface area contributed by atoms with Gasteiger partial charge >= 0.3 is 0 Å². The van der Waals surface area contributed by atoms with E-state index in [2.05, 4.69) is 19.2 Å². The zero-order chi connectivity index (χ0) is 13.9. The van der Waals surface area contributed by atoms with Gasteiger partial charge in [-0.1, -0.05) is 13.8 Å². The second-order valence-corrected chi connectivity index (χ2v) is 4.67. The lowest BCUT2D eigenvalue weighted by atomic mass is 10.0. The van der Waals surface area contributed by atoms with Gasteiger partial charge < -0.3 is 16.8 Å². The quantitative estimate of drug-likeness (QED) is 0.734. The highest BCUT2D eigenvalue weighted by atomic mass is 16.1. The molecule has 1 atom stereocenters. The number of primary amides is 2. The summed E-state index contributed by atoms with van der Waals surface area (Å²) in [5, 5.41) is 3.18. The highest BCUT2D eigenvalue weighted by Gasteiger charge is 2.14. The van der Waals surface area contributed by atoms with Crippen LogP contribution in [0.1, 0.15) is 41.5 Å². The third-order valence-electron chi connectivity index (χ3n) is 2.95. The van der Waals surface area contributed by atoms with Gasteiger partial charge in [-0.25, -0.2) is 0 Å². The van der Waals surface area contributed by atoms with Crippen LogP contribution in [0.25, 0.3) is 0 Å². The van der Waals surface area contributed by atoms with Crippen molar-refractivity contribution in [3.8, 4) is 0 Å². The molecule has 1 unspecified atom stereocenters. The topological polar surface area (TPSA) is 98.2 Å². The Kier molecular flexibility index (Phi) is 4.31. The number of rotatable bonds is 5. The zero-order valence-corrected chi connectivity index (χ0v) is 10.9. The van der Waals surface area contributed by atoms with E-state index in [1.54, 1.807) is 6.07 Å². The fourth-order valence-electron chi connectivity index (χ4n) is 1.44. The Morgan fingerprint density at radius 3 is 2.17 bits per heavy atom. The summed E-state index contributed by atoms with van der Waals surface area (Å²) in [5.74, 6) is -0.696. The summed E-state index contributed by atoms with van der Waals surface area (Å²) in [6.45, 7) is 6.10. The molecule has 5 nitrogen and oxygen atoms in total. The van der Waals surface area contributed by atoms with Gasteiger partial charge in [0.25, 0.3) is 5.91 Å². The largest absolute Gasteiger partial charge is 0.382 e. The van der Waals surface area contributed by atoms with Crippen LogP contribution >= 0.6 is 0 Å². The molecule has 98 valence electrons. The summed E-state index contributed by atoms with van der Waals surface area (Å²) >= 11 is 0. The summed E-state index contributed by atoms with van der Waals surface area (Å²) in [6, 6.07) is 4.71. The van der Waals surface area contributed by atoms with Crippen LogP contribution in [0.2, 0.25) is 0 Å². The number of hydrogen-bond donors (Lipinski definition) is 3. The molecule has 0 aromatic heterocycles. The highest BCUT2D eigenvalue weighted by Crippen LogP contribution is 2.20. The van der Waals surface area contributed by atoms with Crippen molar-refractivity contribution in [2.24, 2.45) is 17.4 Å². The Morgan fingerprint density at radius 1 is 1.11 bits per heavy atom. The molecule has 1 rings (SSSR count). The summed E-state index contributed by atoms with van der Waals surface area (Å²) in [4.78, 5) is 22.5. The van der Waals surface area contributed by atoms with Crippen molar-refractivity contribution in [3.63, 3.8) is 0 Å². The van der Waals surface area contributed by atoms with Gasteiger partial charge in [0, 0.05) is 17.3 Å². The van der Waals surface area contributed by atoms with Gasteiger partial charge in [0.05, 0.1) is 5.56 Å². The number of nitrogens with one attached hydrogen (secondary N) is 1. The van der Waals surface area contributed by atoms with Crippen LogP contribution in [0, 0.1) is 5.92 Å². The van der Waals surface area contributed by atoms with Crippen molar-refractivity contribution < 1.29 is 9.59 Å². The third-order valence-corrected chi connectivity index (χ3v) is 2.95. The van der Waals surface area contributed by atoms with Crippen molar-refractivity contribution in [3.05, 3.63) is 29.3 Å². The average Bonchev–Trinajstić information content (AvgIpc) is 2.28. The number of benzene rings is 1. The van der Waals surface area contributed by atoms with Crippen LogP contribution in [0.15, 0.2) is 18.2 Å². The Balaban J connectivity index is 3.15. The first-order valence-electron chi connectivity index (χ1n) is 5.83. The van der Waals surface area contributed by atoms with E-state index in [9.17, 15) is 9.59 Å². The molecule has 0 saturated carbocycles. The van der Waals surface area contributed by atoms with Crippen molar-refractivity contribution in [2.75, 3.05) is 5.32 Å². The van der Waals surface area contributed by atoms with Crippen LogP contribution in [0.5, 0.6) is 0 Å². The molecule has 18 heavy (non-hydrogen) atoms. The predicted octanol–water partition coefficient (Wildman–Crippen LogP) is 1.34. The molecule has 0 radical (unpaired) electrons. The van der Waals surface area contributed by atoms with Crippen molar-refractivity contribution in [1.82, 2.24) is 0 Å². The van der Waals surface area contributed by atoms with Crippen molar-refractivity contribution in [2.45, 2.75) is 26.8 Å². The standard InChI is InChI=1S/C13H19N3O2/c1-7(2)8(3)16-11-6-9(12(14)17)4-5-10(11)13(15)18/h4-8,16H,1-3H3,(H2,14,17)(H2,15,18). The molecule has 1 aromatic rings. The molecule has 0 heterocycles. The highest BCUT2D eigenvalue weighted by molar-refractivity contribution is 6.01. The molecule has 0 bridgehead atoms. The Hall–Kier alpha value is -2.04. The number of amides is 2. The molecule has 5 heteroatoms. The van der Waals surface area contributed by atoms with E-state index in [4.69, 9.17) is 11.5 Å². The van der Waals surface area contributed by atoms with Gasteiger partial charge in [-0.2, -0.15) is 0 Å².